The molecule has 5 nitrogen and oxygen atoms in total. The van der Waals surface area contributed by atoms with Crippen LogP contribution in [0.15, 0.2) is 45.8 Å². The van der Waals surface area contributed by atoms with E-state index in [4.69, 9.17) is 10.9 Å². The molecule has 0 spiro atoms. The number of primary sulfonamides is 1. The van der Waals surface area contributed by atoms with Gasteiger partial charge in [0.05, 0.1) is 5.69 Å². The summed E-state index contributed by atoms with van der Waals surface area (Å²) < 4.78 is 23.6. The lowest BCUT2D eigenvalue weighted by atomic mass is 10.2. The molecule has 0 aliphatic carbocycles. The van der Waals surface area contributed by atoms with Crippen LogP contribution < -0.4 is 16.2 Å². The van der Waals surface area contributed by atoms with E-state index in [1.165, 1.54) is 6.07 Å². The summed E-state index contributed by atoms with van der Waals surface area (Å²) in [5.74, 6) is 0. The van der Waals surface area contributed by atoms with Crippen LogP contribution in [-0.4, -0.2) is 8.42 Å². The van der Waals surface area contributed by atoms with Crippen LogP contribution in [0.1, 0.15) is 5.56 Å². The predicted octanol–water partition coefficient (Wildman–Crippen LogP) is 2.73. The van der Waals surface area contributed by atoms with Gasteiger partial charge in [-0.1, -0.05) is 15.9 Å². The third-order valence-electron chi connectivity index (χ3n) is 2.78. The molecular formula is C13H14BrN3O2S. The molecule has 0 atom stereocenters. The topological polar surface area (TPSA) is 98.2 Å². The van der Waals surface area contributed by atoms with Gasteiger partial charge in [-0.3, -0.25) is 0 Å². The summed E-state index contributed by atoms with van der Waals surface area (Å²) in [7, 11) is -3.80. The molecule has 0 fully saturated rings. The SMILES string of the molecule is Cc1cc(Br)ccc1Nc1ccc(S(N)(=O)=O)c(N)c1. The Morgan fingerprint density at radius 2 is 1.85 bits per heavy atom. The van der Waals surface area contributed by atoms with Crippen LogP contribution in [0.3, 0.4) is 0 Å². The van der Waals surface area contributed by atoms with Crippen LogP contribution in [0.5, 0.6) is 0 Å². The summed E-state index contributed by atoms with van der Waals surface area (Å²) in [6, 6.07) is 10.4. The molecule has 0 aliphatic heterocycles. The fourth-order valence-electron chi connectivity index (χ4n) is 1.81. The molecule has 2 aromatic carbocycles. The van der Waals surface area contributed by atoms with Gasteiger partial charge in [0.15, 0.2) is 0 Å². The van der Waals surface area contributed by atoms with E-state index in [0.29, 0.717) is 5.69 Å². The fourth-order valence-corrected chi connectivity index (χ4v) is 2.93. The van der Waals surface area contributed by atoms with Crippen molar-refractivity contribution in [3.05, 3.63) is 46.4 Å². The number of halogens is 1. The zero-order valence-electron chi connectivity index (χ0n) is 10.7. The molecule has 5 N–H and O–H groups in total. The van der Waals surface area contributed by atoms with E-state index < -0.39 is 10.0 Å². The molecule has 0 bridgehead atoms. The van der Waals surface area contributed by atoms with Gasteiger partial charge < -0.3 is 11.1 Å². The smallest absolute Gasteiger partial charge is 0.240 e. The molecule has 0 saturated carbocycles. The molecule has 0 heterocycles. The second-order valence-electron chi connectivity index (χ2n) is 4.38. The molecule has 2 aromatic rings. The van der Waals surface area contributed by atoms with Crippen molar-refractivity contribution >= 4 is 43.0 Å². The second-order valence-corrected chi connectivity index (χ2v) is 6.83. The van der Waals surface area contributed by atoms with Crippen molar-refractivity contribution in [1.82, 2.24) is 0 Å². The normalized spacial score (nSPS) is 11.3. The van der Waals surface area contributed by atoms with Crippen LogP contribution in [0.4, 0.5) is 17.1 Å². The summed E-state index contributed by atoms with van der Waals surface area (Å²) >= 11 is 3.40. The number of hydrogen-bond donors (Lipinski definition) is 3. The Kier molecular flexibility index (Phi) is 4.03. The third kappa shape index (κ3) is 3.30. The second kappa shape index (κ2) is 5.43. The largest absolute Gasteiger partial charge is 0.398 e. The van der Waals surface area contributed by atoms with E-state index in [1.807, 2.05) is 25.1 Å². The number of hydrogen-bond acceptors (Lipinski definition) is 4. The quantitative estimate of drug-likeness (QED) is 0.737. The van der Waals surface area contributed by atoms with Crippen molar-refractivity contribution in [1.29, 1.82) is 0 Å². The Bertz CT molecular complexity index is 760. The molecule has 0 aromatic heterocycles. The van der Waals surface area contributed by atoms with Crippen LogP contribution in [0.2, 0.25) is 0 Å². The minimum Gasteiger partial charge on any atom is -0.398 e. The van der Waals surface area contributed by atoms with E-state index in [-0.39, 0.29) is 10.6 Å². The lowest BCUT2D eigenvalue weighted by Crippen LogP contribution is -2.14. The number of benzene rings is 2. The van der Waals surface area contributed by atoms with Gasteiger partial charge in [-0.05, 0) is 48.9 Å². The van der Waals surface area contributed by atoms with Gasteiger partial charge >= 0.3 is 0 Å². The summed E-state index contributed by atoms with van der Waals surface area (Å²) in [6.45, 7) is 1.97. The first-order valence-electron chi connectivity index (χ1n) is 5.73. The minimum absolute atomic E-state index is 0.0735. The Hall–Kier alpha value is -1.57. The zero-order chi connectivity index (χ0) is 14.9. The van der Waals surface area contributed by atoms with Crippen molar-refractivity contribution in [2.24, 2.45) is 5.14 Å². The lowest BCUT2D eigenvalue weighted by molar-refractivity contribution is 0.598. The molecular weight excluding hydrogens is 342 g/mol. The van der Waals surface area contributed by atoms with Crippen molar-refractivity contribution in [3.63, 3.8) is 0 Å². The number of sulfonamides is 1. The number of nitrogens with two attached hydrogens (primary N) is 2. The average molecular weight is 356 g/mol. The molecule has 0 aliphatic rings. The average Bonchev–Trinajstić information content (AvgIpc) is 2.31. The molecule has 2 rings (SSSR count). The maximum Gasteiger partial charge on any atom is 0.240 e. The molecule has 0 saturated heterocycles. The molecule has 0 radical (unpaired) electrons. The highest BCUT2D eigenvalue weighted by Gasteiger charge is 2.12. The molecule has 0 amide bonds. The van der Waals surface area contributed by atoms with Crippen LogP contribution in [0, 0.1) is 6.92 Å². The maximum atomic E-state index is 11.3. The van der Waals surface area contributed by atoms with E-state index in [1.54, 1.807) is 12.1 Å². The van der Waals surface area contributed by atoms with Crippen molar-refractivity contribution in [3.8, 4) is 0 Å². The Labute approximate surface area is 126 Å². The monoisotopic (exact) mass is 355 g/mol. The number of rotatable bonds is 3. The number of nitrogen functional groups attached to an aromatic ring is 1. The molecule has 106 valence electrons. The first-order valence-corrected chi connectivity index (χ1v) is 8.07. The van der Waals surface area contributed by atoms with Crippen molar-refractivity contribution in [2.45, 2.75) is 11.8 Å². The number of aryl methyl sites for hydroxylation is 1. The highest BCUT2D eigenvalue weighted by Crippen LogP contribution is 2.27. The van der Waals surface area contributed by atoms with Gasteiger partial charge in [0.2, 0.25) is 10.0 Å². The highest BCUT2D eigenvalue weighted by molar-refractivity contribution is 9.10. The van der Waals surface area contributed by atoms with Gasteiger partial charge in [-0.25, -0.2) is 13.6 Å². The van der Waals surface area contributed by atoms with E-state index in [2.05, 4.69) is 21.2 Å². The van der Waals surface area contributed by atoms with Crippen LogP contribution in [0.25, 0.3) is 0 Å². The zero-order valence-corrected chi connectivity index (χ0v) is 13.1. The number of nitrogens with one attached hydrogen (secondary N) is 1. The summed E-state index contributed by atoms with van der Waals surface area (Å²) in [6.07, 6.45) is 0. The van der Waals surface area contributed by atoms with Gasteiger partial charge in [0.25, 0.3) is 0 Å². The predicted molar refractivity (Wildman–Crippen MR) is 84.4 cm³/mol. The van der Waals surface area contributed by atoms with Gasteiger partial charge in [-0.15, -0.1) is 0 Å². The van der Waals surface area contributed by atoms with Gasteiger partial charge in [-0.2, -0.15) is 0 Å². The molecule has 20 heavy (non-hydrogen) atoms. The molecule has 7 heteroatoms. The Balaban J connectivity index is 2.34. The van der Waals surface area contributed by atoms with Crippen LogP contribution in [-0.2, 0) is 10.0 Å². The summed E-state index contributed by atoms with van der Waals surface area (Å²) in [5.41, 5.74) is 8.49. The maximum absolute atomic E-state index is 11.3. The van der Waals surface area contributed by atoms with Crippen molar-refractivity contribution < 1.29 is 8.42 Å². The van der Waals surface area contributed by atoms with Crippen LogP contribution >= 0.6 is 15.9 Å². The van der Waals surface area contributed by atoms with E-state index in [0.717, 1.165) is 15.7 Å². The van der Waals surface area contributed by atoms with E-state index in [9.17, 15) is 8.42 Å². The fraction of sp³-hybridized carbons (Fsp3) is 0.0769. The van der Waals surface area contributed by atoms with E-state index >= 15 is 0 Å². The van der Waals surface area contributed by atoms with Crippen molar-refractivity contribution in [2.75, 3.05) is 11.1 Å². The Morgan fingerprint density at radius 1 is 1.15 bits per heavy atom. The third-order valence-corrected chi connectivity index (χ3v) is 4.26. The number of anilines is 3. The summed E-state index contributed by atoms with van der Waals surface area (Å²) in [4.78, 5) is -0.0735. The summed E-state index contributed by atoms with van der Waals surface area (Å²) in [5, 5.41) is 8.25. The minimum atomic E-state index is -3.80. The Morgan fingerprint density at radius 3 is 2.40 bits per heavy atom. The highest BCUT2D eigenvalue weighted by atomic mass is 79.9. The first kappa shape index (κ1) is 14.8. The lowest BCUT2D eigenvalue weighted by Gasteiger charge is -2.11. The van der Waals surface area contributed by atoms with Gasteiger partial charge in [0.1, 0.15) is 4.90 Å². The first-order chi connectivity index (χ1) is 9.27. The standard InChI is InChI=1S/C13H14BrN3O2S/c1-8-6-9(14)2-4-12(8)17-10-3-5-13(11(15)7-10)20(16,18)19/h2-7,17H,15H2,1H3,(H2,16,18,19). The van der Waals surface area contributed by atoms with Gasteiger partial charge in [0, 0.05) is 15.8 Å². The molecule has 0 unspecified atom stereocenters.